The van der Waals surface area contributed by atoms with Crippen LogP contribution in [0.25, 0.3) is 0 Å². The predicted octanol–water partition coefficient (Wildman–Crippen LogP) is 8.76. The van der Waals surface area contributed by atoms with Gasteiger partial charge in [-0.3, -0.25) is 0 Å². The molecule has 2 rings (SSSR count). The van der Waals surface area contributed by atoms with Gasteiger partial charge in [0.05, 0.1) is 25.9 Å². The van der Waals surface area contributed by atoms with Gasteiger partial charge >= 0.3 is 0 Å². The molecule has 0 fully saturated rings. The third-order valence-corrected chi connectivity index (χ3v) is 17.6. The van der Waals surface area contributed by atoms with Crippen LogP contribution in [-0.2, 0) is 31.5 Å². The zero-order valence-electron chi connectivity index (χ0n) is 24.8. The predicted molar refractivity (Wildman–Crippen MR) is 165 cm³/mol. The smallest absolute Gasteiger partial charge is 0.192 e. The van der Waals surface area contributed by atoms with E-state index in [4.69, 9.17) is 18.3 Å². The molecule has 0 aliphatic rings. The molecular weight excluding hydrogens is 505 g/mol. The van der Waals surface area contributed by atoms with Crippen molar-refractivity contribution in [2.45, 2.75) is 109 Å². The van der Waals surface area contributed by atoms with Crippen LogP contribution in [0.2, 0.25) is 36.3 Å². The van der Waals surface area contributed by atoms with Crippen LogP contribution in [0.15, 0.2) is 73.3 Å². The fourth-order valence-electron chi connectivity index (χ4n) is 5.08. The second-order valence-electron chi connectivity index (χ2n) is 10.2. The molecule has 0 aliphatic heterocycles. The minimum Gasteiger partial charge on any atom is -0.414 e. The fraction of sp³-hybridized carbons (Fsp3) is 0.562. The first-order valence-corrected chi connectivity index (χ1v) is 19.7. The molecule has 4 nitrogen and oxygen atoms in total. The monoisotopic (exact) mass is 556 g/mol. The summed E-state index contributed by atoms with van der Waals surface area (Å²) in [6.07, 6.45) is 1.00. The van der Waals surface area contributed by atoms with Gasteiger partial charge in [-0.25, -0.2) is 0 Å². The maximum absolute atomic E-state index is 7.18. The Hall–Kier alpha value is -1.55. The minimum absolute atomic E-state index is 0.222. The second kappa shape index (κ2) is 17.2. The summed E-state index contributed by atoms with van der Waals surface area (Å²) in [5.74, 6) is 0. The van der Waals surface area contributed by atoms with Crippen molar-refractivity contribution in [2.24, 2.45) is 0 Å². The topological polar surface area (TPSA) is 36.9 Å². The number of hydrogen-bond acceptors (Lipinski definition) is 4. The largest absolute Gasteiger partial charge is 0.414 e. The van der Waals surface area contributed by atoms with Gasteiger partial charge in [0, 0.05) is 0 Å². The molecule has 0 aliphatic carbocycles. The Morgan fingerprint density at radius 3 is 1.53 bits per heavy atom. The maximum atomic E-state index is 7.18. The van der Waals surface area contributed by atoms with Crippen molar-refractivity contribution in [3.05, 3.63) is 84.4 Å². The summed E-state index contributed by atoms with van der Waals surface area (Å²) in [4.78, 5) is 0. The highest BCUT2D eigenvalue weighted by Crippen LogP contribution is 2.30. The Kier molecular flexibility index (Phi) is 14.8. The summed E-state index contributed by atoms with van der Waals surface area (Å²) in [5.41, 5.74) is 2.26. The Bertz CT molecular complexity index is 868. The molecule has 0 amide bonds. The highest BCUT2D eigenvalue weighted by Gasteiger charge is 2.40. The van der Waals surface area contributed by atoms with Crippen LogP contribution in [0.5, 0.6) is 0 Å². The van der Waals surface area contributed by atoms with Crippen LogP contribution in [0.4, 0.5) is 0 Å². The van der Waals surface area contributed by atoms with Crippen molar-refractivity contribution in [3.63, 3.8) is 0 Å². The average molecular weight is 557 g/mol. The highest BCUT2D eigenvalue weighted by atomic mass is 28.4. The second-order valence-corrected chi connectivity index (χ2v) is 19.7. The lowest BCUT2D eigenvalue weighted by Crippen LogP contribution is -2.52. The van der Waals surface area contributed by atoms with Crippen molar-refractivity contribution in [3.8, 4) is 0 Å². The standard InChI is InChI=1S/C32H52O4Si2/c1-8-30(33-25-28-21-17-15-18-22-28)32(34-26-29-23-19-16-20-24-29)31(36-38(12-5,13-6)14-7)27-35-37(9-2,10-3)11-4/h8,15-24,30-32H,1,9-14,25-27H2,2-7H3/t30-,31-,32+/m1/s1. The molecular formula is C32H52O4Si2. The van der Waals surface area contributed by atoms with E-state index in [9.17, 15) is 0 Å². The Morgan fingerprint density at radius 2 is 1.11 bits per heavy atom. The first-order chi connectivity index (χ1) is 18.4. The summed E-state index contributed by atoms with van der Waals surface area (Å²) in [6.45, 7) is 19.3. The minimum atomic E-state index is -1.96. The normalized spacial score (nSPS) is 14.7. The molecule has 212 valence electrons. The van der Waals surface area contributed by atoms with Crippen LogP contribution >= 0.6 is 0 Å². The Balaban J connectivity index is 2.41. The summed E-state index contributed by atoms with van der Waals surface area (Å²) in [7, 11) is -3.78. The van der Waals surface area contributed by atoms with Gasteiger partial charge in [0.25, 0.3) is 0 Å². The molecule has 0 radical (unpaired) electrons. The van der Waals surface area contributed by atoms with Crippen molar-refractivity contribution in [2.75, 3.05) is 6.61 Å². The summed E-state index contributed by atoms with van der Waals surface area (Å²) < 4.78 is 27.3. The van der Waals surface area contributed by atoms with E-state index in [0.717, 1.165) is 47.4 Å². The number of benzene rings is 2. The van der Waals surface area contributed by atoms with E-state index in [1.165, 1.54) is 0 Å². The van der Waals surface area contributed by atoms with Gasteiger partial charge in [-0.1, -0.05) is 108 Å². The molecule has 2 aromatic rings. The van der Waals surface area contributed by atoms with Crippen LogP contribution in [0.1, 0.15) is 52.7 Å². The van der Waals surface area contributed by atoms with E-state index in [-0.39, 0.29) is 18.3 Å². The van der Waals surface area contributed by atoms with Crippen molar-refractivity contribution in [1.29, 1.82) is 0 Å². The molecule has 3 atom stereocenters. The fourth-order valence-corrected chi connectivity index (χ4v) is 10.6. The molecule has 0 spiro atoms. The lowest BCUT2D eigenvalue weighted by molar-refractivity contribution is -0.120. The molecule has 0 N–H and O–H groups in total. The molecule has 0 unspecified atom stereocenters. The molecule has 6 heteroatoms. The van der Waals surface area contributed by atoms with Crippen LogP contribution < -0.4 is 0 Å². The number of hydrogen-bond donors (Lipinski definition) is 0. The quantitative estimate of drug-likeness (QED) is 0.121. The molecule has 0 aromatic heterocycles. The van der Waals surface area contributed by atoms with Gasteiger partial charge in [0.15, 0.2) is 16.6 Å². The summed E-state index contributed by atoms with van der Waals surface area (Å²) in [6, 6.07) is 27.2. The third kappa shape index (κ3) is 9.58. The van der Waals surface area contributed by atoms with E-state index >= 15 is 0 Å². The molecule has 0 heterocycles. The Labute approximate surface area is 235 Å². The molecule has 0 saturated heterocycles. The first kappa shape index (κ1) is 32.7. The van der Waals surface area contributed by atoms with Crippen LogP contribution in [0.3, 0.4) is 0 Å². The molecule has 0 bridgehead atoms. The molecule has 0 saturated carbocycles. The zero-order chi connectivity index (χ0) is 27.9. The third-order valence-electron chi connectivity index (χ3n) is 8.31. The van der Waals surface area contributed by atoms with Gasteiger partial charge in [-0.05, 0) is 47.4 Å². The van der Waals surface area contributed by atoms with E-state index in [0.29, 0.717) is 19.8 Å². The number of ether oxygens (including phenoxy) is 2. The van der Waals surface area contributed by atoms with Gasteiger partial charge < -0.3 is 18.3 Å². The van der Waals surface area contributed by atoms with Crippen molar-refractivity contribution >= 4 is 16.6 Å². The summed E-state index contributed by atoms with van der Waals surface area (Å²) in [5, 5.41) is 0. The van der Waals surface area contributed by atoms with E-state index in [1.807, 2.05) is 30.3 Å². The van der Waals surface area contributed by atoms with Crippen LogP contribution in [0, 0.1) is 0 Å². The highest BCUT2D eigenvalue weighted by molar-refractivity contribution is 6.74. The number of rotatable bonds is 20. The van der Waals surface area contributed by atoms with Crippen LogP contribution in [-0.4, -0.2) is 41.6 Å². The van der Waals surface area contributed by atoms with Gasteiger partial charge in [-0.2, -0.15) is 0 Å². The first-order valence-electron chi connectivity index (χ1n) is 14.7. The van der Waals surface area contributed by atoms with E-state index in [1.54, 1.807) is 0 Å². The van der Waals surface area contributed by atoms with Crippen molar-refractivity contribution in [1.82, 2.24) is 0 Å². The lowest BCUT2D eigenvalue weighted by Gasteiger charge is -2.40. The van der Waals surface area contributed by atoms with E-state index in [2.05, 4.69) is 84.5 Å². The zero-order valence-corrected chi connectivity index (χ0v) is 26.8. The van der Waals surface area contributed by atoms with Crippen molar-refractivity contribution < 1.29 is 18.3 Å². The van der Waals surface area contributed by atoms with Gasteiger partial charge in [0.1, 0.15) is 12.2 Å². The van der Waals surface area contributed by atoms with E-state index < -0.39 is 16.6 Å². The Morgan fingerprint density at radius 1 is 0.658 bits per heavy atom. The lowest BCUT2D eigenvalue weighted by atomic mass is 10.1. The van der Waals surface area contributed by atoms with Gasteiger partial charge in [-0.15, -0.1) is 6.58 Å². The SMILES string of the molecule is C=C[C@@H](OCc1ccccc1)[C@H](OCc1ccccc1)[C@@H](CO[Si](CC)(CC)CC)O[Si](CC)(CC)CC. The maximum Gasteiger partial charge on any atom is 0.192 e. The van der Waals surface area contributed by atoms with Gasteiger partial charge in [0.2, 0.25) is 0 Å². The summed E-state index contributed by atoms with van der Waals surface area (Å²) >= 11 is 0. The molecule has 2 aromatic carbocycles. The molecule has 38 heavy (non-hydrogen) atoms. The average Bonchev–Trinajstić information content (AvgIpc) is 2.99.